The minimum Gasteiger partial charge on any atom is -0.462 e. The van der Waals surface area contributed by atoms with Gasteiger partial charge in [0.2, 0.25) is 0 Å². The number of allylic oxidation sites excluding steroid dienone is 1. The molecule has 4 aromatic rings. The lowest BCUT2D eigenvalue weighted by molar-refractivity contribution is 0.0526. The third-order valence-electron chi connectivity index (χ3n) is 9.79. The summed E-state index contributed by atoms with van der Waals surface area (Å²) in [4.78, 5) is 15.0. The van der Waals surface area contributed by atoms with Gasteiger partial charge < -0.3 is 9.16 Å². The van der Waals surface area contributed by atoms with E-state index in [2.05, 4.69) is 142 Å². The standard InChI is InChI=1S/C39H49N3O3Si/c1-8-44-37(43)31-26-40-42(28-31)27-30(2)35-29-41(25-24-36(35)45-46(6,7)38(3,4)5)39(32-18-12-9-13-19-32,33-20-14-10-15-21-33)34-22-16-11-17-23-34/h9-23,26,28,36H,8,24-25,27,29H2,1-7H3/b35-30+. The number of ether oxygens (including phenoxy) is 1. The number of carbonyl (C=O) groups excluding carboxylic acids is 1. The molecule has 1 unspecified atom stereocenters. The van der Waals surface area contributed by atoms with E-state index >= 15 is 0 Å². The molecular formula is C39H49N3O3Si. The van der Waals surface area contributed by atoms with E-state index in [0.717, 1.165) is 19.5 Å². The summed E-state index contributed by atoms with van der Waals surface area (Å²) in [6, 6.07) is 32.7. The van der Waals surface area contributed by atoms with Gasteiger partial charge in [0.1, 0.15) is 0 Å². The first-order chi connectivity index (χ1) is 22.0. The summed E-state index contributed by atoms with van der Waals surface area (Å²) in [5, 5.41) is 4.62. The first kappa shape index (κ1) is 33.6. The van der Waals surface area contributed by atoms with Crippen molar-refractivity contribution >= 4 is 14.3 Å². The van der Waals surface area contributed by atoms with E-state index in [-0.39, 0.29) is 17.1 Å². The molecule has 0 bridgehead atoms. The topological polar surface area (TPSA) is 56.6 Å². The van der Waals surface area contributed by atoms with Gasteiger partial charge in [-0.15, -0.1) is 0 Å². The fourth-order valence-electron chi connectivity index (χ4n) is 6.39. The van der Waals surface area contributed by atoms with Gasteiger partial charge in [-0.1, -0.05) is 112 Å². The van der Waals surface area contributed by atoms with E-state index in [1.807, 2.05) is 11.6 Å². The molecule has 0 N–H and O–H groups in total. The Morgan fingerprint density at radius 1 is 0.891 bits per heavy atom. The smallest absolute Gasteiger partial charge is 0.341 e. The Morgan fingerprint density at radius 2 is 1.41 bits per heavy atom. The maximum atomic E-state index is 12.4. The zero-order valence-corrected chi connectivity index (χ0v) is 29.5. The van der Waals surface area contributed by atoms with Gasteiger partial charge in [0.25, 0.3) is 0 Å². The molecule has 1 fully saturated rings. The first-order valence-electron chi connectivity index (χ1n) is 16.4. The van der Waals surface area contributed by atoms with Gasteiger partial charge in [-0.05, 0) is 66.2 Å². The minimum absolute atomic E-state index is 0.00255. The minimum atomic E-state index is -2.09. The fraction of sp³-hybridized carbons (Fsp3) is 0.385. The van der Waals surface area contributed by atoms with Crippen LogP contribution in [0.25, 0.3) is 0 Å². The molecule has 3 aromatic carbocycles. The van der Waals surface area contributed by atoms with E-state index in [0.29, 0.717) is 18.7 Å². The number of rotatable bonds is 10. The SMILES string of the molecule is CCOC(=O)c1cnn(C/C(C)=C2\CN(C(c3ccccc3)(c3ccccc3)c3ccccc3)CCC2O[Si](C)(C)C(C)(C)C)c1. The van der Waals surface area contributed by atoms with Crippen molar-refractivity contribution < 1.29 is 14.0 Å². The summed E-state index contributed by atoms with van der Waals surface area (Å²) in [6.07, 6.45) is 4.25. The molecule has 0 saturated carbocycles. The second-order valence-corrected chi connectivity index (χ2v) is 18.6. The second-order valence-electron chi connectivity index (χ2n) is 13.8. The van der Waals surface area contributed by atoms with Crippen molar-refractivity contribution in [2.75, 3.05) is 19.7 Å². The molecule has 2 heterocycles. The van der Waals surface area contributed by atoms with Gasteiger partial charge in [0.15, 0.2) is 8.32 Å². The highest BCUT2D eigenvalue weighted by Crippen LogP contribution is 2.46. The Balaban J connectivity index is 1.64. The Hall–Kier alpha value is -3.78. The molecule has 1 aliphatic heterocycles. The second kappa shape index (κ2) is 13.9. The lowest BCUT2D eigenvalue weighted by Crippen LogP contribution is -2.55. The predicted molar refractivity (Wildman–Crippen MR) is 188 cm³/mol. The third kappa shape index (κ3) is 6.82. The average molecular weight is 636 g/mol. The molecular weight excluding hydrogens is 587 g/mol. The quantitative estimate of drug-likeness (QED) is 0.0757. The highest BCUT2D eigenvalue weighted by atomic mass is 28.4. The number of piperidine rings is 1. The van der Waals surface area contributed by atoms with E-state index in [4.69, 9.17) is 9.16 Å². The van der Waals surface area contributed by atoms with Gasteiger partial charge in [-0.25, -0.2) is 4.79 Å². The van der Waals surface area contributed by atoms with E-state index in [1.54, 1.807) is 12.4 Å². The summed E-state index contributed by atoms with van der Waals surface area (Å²) in [5.41, 5.74) is 6.15. The molecule has 6 nitrogen and oxygen atoms in total. The van der Waals surface area contributed by atoms with Gasteiger partial charge in [0.05, 0.1) is 36.6 Å². The van der Waals surface area contributed by atoms with Crippen molar-refractivity contribution in [2.45, 2.75) is 77.4 Å². The molecule has 1 atom stereocenters. The number of aromatic nitrogens is 2. The lowest BCUT2D eigenvalue weighted by Gasteiger charge is -2.51. The monoisotopic (exact) mass is 635 g/mol. The molecule has 1 saturated heterocycles. The van der Waals surface area contributed by atoms with Crippen LogP contribution in [0.5, 0.6) is 0 Å². The normalized spacial score (nSPS) is 17.5. The van der Waals surface area contributed by atoms with Crippen LogP contribution in [0.2, 0.25) is 18.1 Å². The zero-order valence-electron chi connectivity index (χ0n) is 28.5. The number of hydrogen-bond donors (Lipinski definition) is 0. The van der Waals surface area contributed by atoms with Crippen LogP contribution in [-0.2, 0) is 21.2 Å². The van der Waals surface area contributed by atoms with Crippen LogP contribution in [-0.4, -0.2) is 54.8 Å². The van der Waals surface area contributed by atoms with Crippen molar-refractivity contribution in [3.63, 3.8) is 0 Å². The summed E-state index contributed by atoms with van der Waals surface area (Å²) in [6.45, 7) is 18.1. The van der Waals surface area contributed by atoms with Gasteiger partial charge in [-0.2, -0.15) is 5.10 Å². The fourth-order valence-corrected chi connectivity index (χ4v) is 7.72. The van der Waals surface area contributed by atoms with Crippen LogP contribution in [0.1, 0.15) is 68.1 Å². The highest BCUT2D eigenvalue weighted by Gasteiger charge is 2.47. The van der Waals surface area contributed by atoms with Crippen LogP contribution >= 0.6 is 0 Å². The van der Waals surface area contributed by atoms with Crippen LogP contribution in [0.3, 0.4) is 0 Å². The van der Waals surface area contributed by atoms with Gasteiger partial charge in [0, 0.05) is 19.3 Å². The molecule has 1 aromatic heterocycles. The molecule has 1 aliphatic rings. The third-order valence-corrected chi connectivity index (χ3v) is 14.3. The number of likely N-dealkylation sites (tertiary alicyclic amines) is 1. The molecule has 0 aliphatic carbocycles. The van der Waals surface area contributed by atoms with E-state index < -0.39 is 13.9 Å². The largest absolute Gasteiger partial charge is 0.462 e. The summed E-state index contributed by atoms with van der Waals surface area (Å²) < 4.78 is 14.3. The molecule has 5 rings (SSSR count). The number of esters is 1. The molecule has 0 amide bonds. The van der Waals surface area contributed by atoms with Crippen LogP contribution in [0.4, 0.5) is 0 Å². The van der Waals surface area contributed by atoms with Crippen molar-refractivity contribution in [1.29, 1.82) is 0 Å². The van der Waals surface area contributed by atoms with E-state index in [9.17, 15) is 4.79 Å². The number of carbonyl (C=O) groups is 1. The Labute approximate surface area is 276 Å². The van der Waals surface area contributed by atoms with Crippen molar-refractivity contribution in [1.82, 2.24) is 14.7 Å². The van der Waals surface area contributed by atoms with Gasteiger partial charge in [-0.3, -0.25) is 9.58 Å². The lowest BCUT2D eigenvalue weighted by atomic mass is 9.74. The van der Waals surface area contributed by atoms with Crippen LogP contribution in [0, 0.1) is 0 Å². The Bertz CT molecular complexity index is 1530. The molecule has 0 radical (unpaired) electrons. The first-order valence-corrected chi connectivity index (χ1v) is 19.4. The Morgan fingerprint density at radius 3 is 1.89 bits per heavy atom. The Kier molecular flexibility index (Phi) is 10.2. The zero-order chi connectivity index (χ0) is 33.0. The van der Waals surface area contributed by atoms with Gasteiger partial charge >= 0.3 is 5.97 Å². The predicted octanol–water partition coefficient (Wildman–Crippen LogP) is 8.46. The summed E-state index contributed by atoms with van der Waals surface area (Å²) >= 11 is 0. The van der Waals surface area contributed by atoms with Crippen molar-refractivity contribution in [3.8, 4) is 0 Å². The highest BCUT2D eigenvalue weighted by molar-refractivity contribution is 6.74. The molecule has 0 spiro atoms. The number of nitrogens with zero attached hydrogens (tertiary/aromatic N) is 3. The molecule has 7 heteroatoms. The maximum Gasteiger partial charge on any atom is 0.341 e. The van der Waals surface area contributed by atoms with Crippen molar-refractivity contribution in [3.05, 3.63) is 137 Å². The average Bonchev–Trinajstić information content (AvgIpc) is 3.51. The summed E-state index contributed by atoms with van der Waals surface area (Å²) in [5.74, 6) is -0.347. The van der Waals surface area contributed by atoms with Crippen LogP contribution in [0.15, 0.2) is 115 Å². The van der Waals surface area contributed by atoms with Crippen molar-refractivity contribution in [2.24, 2.45) is 0 Å². The molecule has 242 valence electrons. The maximum absolute atomic E-state index is 12.4. The summed E-state index contributed by atoms with van der Waals surface area (Å²) in [7, 11) is -2.09. The van der Waals surface area contributed by atoms with E-state index in [1.165, 1.54) is 27.8 Å². The van der Waals surface area contributed by atoms with Crippen LogP contribution < -0.4 is 0 Å². The number of benzene rings is 3. The number of hydrogen-bond acceptors (Lipinski definition) is 5. The molecule has 46 heavy (non-hydrogen) atoms.